The molecule has 0 unspecified atom stereocenters. The van der Waals surface area contributed by atoms with Crippen LogP contribution in [0.4, 0.5) is 0 Å². The van der Waals surface area contributed by atoms with E-state index >= 15 is 0 Å². The maximum Gasteiger partial charge on any atom is 0.200 e. The lowest BCUT2D eigenvalue weighted by Gasteiger charge is -2.06. The van der Waals surface area contributed by atoms with Crippen LogP contribution in [0, 0.1) is 11.3 Å². The third-order valence-electron chi connectivity index (χ3n) is 2.97. The largest absolute Gasteiger partial charge is 0.294 e. The Morgan fingerprint density at radius 3 is 2.90 bits per heavy atom. The molecule has 2 heterocycles. The fourth-order valence-corrected chi connectivity index (χ4v) is 2.99. The van der Waals surface area contributed by atoms with Gasteiger partial charge in [-0.2, -0.15) is 5.26 Å². The van der Waals surface area contributed by atoms with Gasteiger partial charge in [-0.3, -0.25) is 9.20 Å². The first kappa shape index (κ1) is 13.3. The summed E-state index contributed by atoms with van der Waals surface area (Å²) in [7, 11) is 0. The lowest BCUT2D eigenvalue weighted by atomic mass is 10.1. The smallest absolute Gasteiger partial charge is 0.200 e. The Hall–Kier alpha value is -2.65. The van der Waals surface area contributed by atoms with Crippen LogP contribution in [0.5, 0.6) is 0 Å². The molecule has 0 aliphatic heterocycles. The van der Waals surface area contributed by atoms with E-state index in [-0.39, 0.29) is 5.78 Å². The third kappa shape index (κ3) is 2.51. The van der Waals surface area contributed by atoms with E-state index in [1.807, 2.05) is 28.8 Å². The Morgan fingerprint density at radius 2 is 2.14 bits per heavy atom. The van der Waals surface area contributed by atoms with Crippen molar-refractivity contribution in [3.05, 3.63) is 53.7 Å². The van der Waals surface area contributed by atoms with Crippen LogP contribution < -0.4 is 0 Å². The molecule has 0 N–H and O–H groups in total. The normalized spacial score (nSPS) is 10.5. The van der Waals surface area contributed by atoms with E-state index in [1.165, 1.54) is 18.7 Å². The number of pyridine rings is 1. The number of rotatable bonds is 3. The van der Waals surface area contributed by atoms with Crippen LogP contribution >= 0.6 is 11.8 Å². The molecule has 0 aliphatic rings. The van der Waals surface area contributed by atoms with E-state index in [0.29, 0.717) is 21.2 Å². The van der Waals surface area contributed by atoms with Gasteiger partial charge in [0.1, 0.15) is 0 Å². The number of carbonyl (C=O) groups excluding carboxylic acids is 1. The Morgan fingerprint density at radius 1 is 1.29 bits per heavy atom. The van der Waals surface area contributed by atoms with Gasteiger partial charge in [0, 0.05) is 16.7 Å². The highest BCUT2D eigenvalue weighted by Gasteiger charge is 2.13. The summed E-state index contributed by atoms with van der Waals surface area (Å²) in [5.74, 6) is -0.0455. The van der Waals surface area contributed by atoms with Crippen molar-refractivity contribution in [3.63, 3.8) is 0 Å². The first-order chi connectivity index (χ1) is 10.2. The molecule has 0 fully saturated rings. The molecule has 0 saturated carbocycles. The van der Waals surface area contributed by atoms with Crippen molar-refractivity contribution in [1.82, 2.24) is 14.6 Å². The van der Waals surface area contributed by atoms with E-state index in [1.54, 1.807) is 18.2 Å². The molecule has 3 rings (SSSR count). The second kappa shape index (κ2) is 5.38. The first-order valence-corrected chi connectivity index (χ1v) is 7.03. The fraction of sp³-hybridized carbons (Fsp3) is 0.0667. The van der Waals surface area contributed by atoms with Crippen molar-refractivity contribution in [2.24, 2.45) is 0 Å². The molecule has 3 aromatic rings. The number of nitriles is 1. The summed E-state index contributed by atoms with van der Waals surface area (Å²) in [5.41, 5.74) is 1.82. The van der Waals surface area contributed by atoms with Crippen LogP contribution in [0.25, 0.3) is 5.65 Å². The number of aromatic nitrogens is 3. The average Bonchev–Trinajstić information content (AvgIpc) is 2.90. The van der Waals surface area contributed by atoms with E-state index < -0.39 is 0 Å². The van der Waals surface area contributed by atoms with Crippen LogP contribution in [-0.2, 0) is 0 Å². The number of nitrogens with zero attached hydrogens (tertiary/aromatic N) is 4. The van der Waals surface area contributed by atoms with Gasteiger partial charge in [-0.25, -0.2) is 0 Å². The molecular weight excluding hydrogens is 284 g/mol. The predicted molar refractivity (Wildman–Crippen MR) is 78.3 cm³/mol. The highest BCUT2D eigenvalue weighted by molar-refractivity contribution is 7.99. The van der Waals surface area contributed by atoms with E-state index in [0.717, 1.165) is 5.65 Å². The molecule has 6 heteroatoms. The predicted octanol–water partition coefficient (Wildman–Crippen LogP) is 2.95. The van der Waals surface area contributed by atoms with Crippen LogP contribution in [0.3, 0.4) is 0 Å². The number of ketones is 1. The third-order valence-corrected chi connectivity index (χ3v) is 3.99. The van der Waals surface area contributed by atoms with Gasteiger partial charge in [0.25, 0.3) is 0 Å². The summed E-state index contributed by atoms with van der Waals surface area (Å²) in [6.45, 7) is 1.51. The number of benzene rings is 1. The molecule has 0 radical (unpaired) electrons. The Labute approximate surface area is 125 Å². The summed E-state index contributed by atoms with van der Waals surface area (Å²) in [5, 5.41) is 17.9. The van der Waals surface area contributed by atoms with Crippen molar-refractivity contribution < 1.29 is 4.79 Å². The molecule has 102 valence electrons. The Balaban J connectivity index is 2.08. The van der Waals surface area contributed by atoms with Gasteiger partial charge >= 0.3 is 0 Å². The van der Waals surface area contributed by atoms with Gasteiger partial charge in [-0.15, -0.1) is 10.2 Å². The van der Waals surface area contributed by atoms with Crippen LogP contribution in [-0.4, -0.2) is 20.4 Å². The van der Waals surface area contributed by atoms with Crippen molar-refractivity contribution in [1.29, 1.82) is 5.26 Å². The van der Waals surface area contributed by atoms with Crippen LogP contribution in [0.15, 0.2) is 52.6 Å². The maximum atomic E-state index is 11.7. The number of fused-ring (bicyclic) bond motifs is 1. The molecule has 1 aromatic carbocycles. The van der Waals surface area contributed by atoms with Gasteiger partial charge < -0.3 is 0 Å². The molecule has 0 aliphatic carbocycles. The molecule has 0 atom stereocenters. The molecule has 0 amide bonds. The zero-order chi connectivity index (χ0) is 14.8. The highest BCUT2D eigenvalue weighted by atomic mass is 32.2. The molecule has 5 nitrogen and oxygen atoms in total. The second-order valence-electron chi connectivity index (χ2n) is 4.39. The summed E-state index contributed by atoms with van der Waals surface area (Å²) >= 11 is 1.33. The van der Waals surface area contributed by atoms with Gasteiger partial charge in [-0.1, -0.05) is 6.07 Å². The monoisotopic (exact) mass is 294 g/mol. The highest BCUT2D eigenvalue weighted by Crippen LogP contribution is 2.30. The van der Waals surface area contributed by atoms with Crippen molar-refractivity contribution in [3.8, 4) is 6.07 Å². The molecule has 0 saturated heterocycles. The summed E-state index contributed by atoms with van der Waals surface area (Å²) in [6, 6.07) is 12.7. The number of hydrogen-bond acceptors (Lipinski definition) is 5. The Kier molecular flexibility index (Phi) is 3.42. The SMILES string of the molecule is CC(=O)c1ccc(C#N)cc1Sc1nnc2ccccn12. The van der Waals surface area contributed by atoms with Gasteiger partial charge in [0.05, 0.1) is 11.6 Å². The van der Waals surface area contributed by atoms with Crippen molar-refractivity contribution in [2.45, 2.75) is 17.0 Å². The van der Waals surface area contributed by atoms with Crippen molar-refractivity contribution >= 4 is 23.2 Å². The molecular formula is C15H10N4OS. The zero-order valence-electron chi connectivity index (χ0n) is 11.1. The van der Waals surface area contributed by atoms with Gasteiger partial charge in [0.2, 0.25) is 0 Å². The summed E-state index contributed by atoms with van der Waals surface area (Å²) in [4.78, 5) is 12.4. The number of hydrogen-bond donors (Lipinski definition) is 0. The Bertz CT molecular complexity index is 879. The quantitative estimate of drug-likeness (QED) is 0.694. The standard InChI is InChI=1S/C15H10N4OS/c1-10(20)12-6-5-11(9-16)8-13(12)21-15-18-17-14-4-2-3-7-19(14)15/h2-8H,1H3. The molecule has 0 spiro atoms. The fourth-order valence-electron chi connectivity index (χ4n) is 1.95. The molecule has 2 aromatic heterocycles. The first-order valence-electron chi connectivity index (χ1n) is 6.22. The summed E-state index contributed by atoms with van der Waals surface area (Å²) in [6.07, 6.45) is 1.86. The lowest BCUT2D eigenvalue weighted by Crippen LogP contribution is -1.96. The summed E-state index contributed by atoms with van der Waals surface area (Å²) < 4.78 is 1.84. The van der Waals surface area contributed by atoms with Gasteiger partial charge in [0.15, 0.2) is 16.6 Å². The minimum atomic E-state index is -0.0455. The topological polar surface area (TPSA) is 71.0 Å². The number of carbonyl (C=O) groups is 1. The minimum absolute atomic E-state index is 0.0455. The number of Topliss-reactive ketones (excluding diaryl/α,β-unsaturated/α-hetero) is 1. The molecule has 0 bridgehead atoms. The van der Waals surface area contributed by atoms with Gasteiger partial charge in [-0.05, 0) is 49.0 Å². The average molecular weight is 294 g/mol. The van der Waals surface area contributed by atoms with E-state index in [4.69, 9.17) is 5.26 Å². The maximum absolute atomic E-state index is 11.7. The van der Waals surface area contributed by atoms with Crippen LogP contribution in [0.1, 0.15) is 22.8 Å². The minimum Gasteiger partial charge on any atom is -0.294 e. The van der Waals surface area contributed by atoms with Crippen LogP contribution in [0.2, 0.25) is 0 Å². The van der Waals surface area contributed by atoms with E-state index in [9.17, 15) is 4.79 Å². The molecule has 21 heavy (non-hydrogen) atoms. The zero-order valence-corrected chi connectivity index (χ0v) is 12.0. The van der Waals surface area contributed by atoms with Crippen molar-refractivity contribution in [2.75, 3.05) is 0 Å². The second-order valence-corrected chi connectivity index (χ2v) is 5.40. The van der Waals surface area contributed by atoms with E-state index in [2.05, 4.69) is 16.3 Å². The lowest BCUT2D eigenvalue weighted by molar-refractivity contribution is 0.101.